The van der Waals surface area contributed by atoms with E-state index in [1.807, 2.05) is 0 Å². The highest BCUT2D eigenvalue weighted by Gasteiger charge is 2.39. The highest BCUT2D eigenvalue weighted by atomic mass is 14.8. The van der Waals surface area contributed by atoms with Crippen molar-refractivity contribution in [2.75, 3.05) is 13.6 Å². The van der Waals surface area contributed by atoms with Gasteiger partial charge in [-0.15, -0.1) is 0 Å². The van der Waals surface area contributed by atoms with Gasteiger partial charge in [-0.1, -0.05) is 60.3 Å². The monoisotopic (exact) mass is 295 g/mol. The molecule has 1 unspecified atom stereocenters. The minimum absolute atomic E-state index is 0.498. The molecule has 0 saturated heterocycles. The van der Waals surface area contributed by atoms with E-state index in [9.17, 15) is 0 Å². The summed E-state index contributed by atoms with van der Waals surface area (Å²) < 4.78 is 0. The maximum absolute atomic E-state index is 3.52. The molecule has 0 heterocycles. The second kappa shape index (κ2) is 8.56. The smallest absolute Gasteiger partial charge is 0.000491 e. The van der Waals surface area contributed by atoms with E-state index in [1.165, 1.54) is 64.3 Å². The van der Waals surface area contributed by atoms with Crippen LogP contribution in [0.4, 0.5) is 0 Å². The van der Waals surface area contributed by atoms with Crippen molar-refractivity contribution in [2.24, 2.45) is 22.7 Å². The van der Waals surface area contributed by atoms with Crippen molar-refractivity contribution in [3.8, 4) is 0 Å². The molecule has 1 heteroatoms. The van der Waals surface area contributed by atoms with Crippen LogP contribution in [0.25, 0.3) is 0 Å². The fraction of sp³-hybridized carbons (Fsp3) is 1.00. The second-order valence-electron chi connectivity index (χ2n) is 8.79. The minimum atomic E-state index is 0.498. The van der Waals surface area contributed by atoms with E-state index in [0.717, 1.165) is 11.8 Å². The van der Waals surface area contributed by atoms with E-state index in [4.69, 9.17) is 0 Å². The molecule has 0 spiro atoms. The predicted octanol–water partition coefficient (Wildman–Crippen LogP) is 6.04. The third-order valence-electron chi connectivity index (χ3n) is 6.09. The average Bonchev–Trinajstić information content (AvgIpc) is 2.43. The van der Waals surface area contributed by atoms with Crippen molar-refractivity contribution in [2.45, 2.75) is 92.4 Å². The largest absolute Gasteiger partial charge is 0.319 e. The van der Waals surface area contributed by atoms with Crippen LogP contribution in [-0.2, 0) is 0 Å². The molecule has 0 aromatic rings. The Morgan fingerprint density at radius 2 is 1.76 bits per heavy atom. The van der Waals surface area contributed by atoms with Gasteiger partial charge < -0.3 is 5.32 Å². The van der Waals surface area contributed by atoms with E-state index >= 15 is 0 Å². The van der Waals surface area contributed by atoms with Gasteiger partial charge in [-0.3, -0.25) is 0 Å². The molecule has 0 aromatic heterocycles. The number of unbranched alkanes of at least 4 members (excludes halogenated alkanes) is 1. The third-order valence-corrected chi connectivity index (χ3v) is 6.09. The number of nitrogens with one attached hydrogen (secondary N) is 1. The van der Waals surface area contributed by atoms with E-state index in [2.05, 4.69) is 47.0 Å². The van der Waals surface area contributed by atoms with Gasteiger partial charge in [-0.05, 0) is 61.8 Å². The van der Waals surface area contributed by atoms with Crippen molar-refractivity contribution in [3.05, 3.63) is 0 Å². The molecule has 0 amide bonds. The summed E-state index contributed by atoms with van der Waals surface area (Å²) >= 11 is 0. The number of rotatable bonds is 8. The van der Waals surface area contributed by atoms with Gasteiger partial charge in [0.2, 0.25) is 0 Å². The Balaban J connectivity index is 2.63. The van der Waals surface area contributed by atoms with Gasteiger partial charge in [0, 0.05) is 6.54 Å². The van der Waals surface area contributed by atoms with Crippen LogP contribution in [0.1, 0.15) is 92.4 Å². The van der Waals surface area contributed by atoms with Crippen LogP contribution < -0.4 is 5.32 Å². The summed E-state index contributed by atoms with van der Waals surface area (Å²) in [5, 5.41) is 3.52. The standard InChI is InChI=1S/C20H41N/c1-7-9-10-17(8-2)15-20(16-21-6)13-11-18(12-14-20)19(3,4)5/h17-18,21H,7-16H2,1-6H3. The SMILES string of the molecule is CCCCC(CC)CC1(CNC)CCC(C(C)(C)C)CC1. The Labute approximate surface area is 134 Å². The average molecular weight is 296 g/mol. The van der Waals surface area contributed by atoms with Crippen LogP contribution >= 0.6 is 0 Å². The molecule has 1 aliphatic carbocycles. The molecule has 0 radical (unpaired) electrons. The van der Waals surface area contributed by atoms with Crippen molar-refractivity contribution in [1.82, 2.24) is 5.32 Å². The normalized spacial score (nSPS) is 28.6. The number of hydrogen-bond acceptors (Lipinski definition) is 1. The molecule has 1 N–H and O–H groups in total. The van der Waals surface area contributed by atoms with Gasteiger partial charge in [-0.25, -0.2) is 0 Å². The Hall–Kier alpha value is -0.0400. The fourth-order valence-corrected chi connectivity index (χ4v) is 4.48. The Morgan fingerprint density at radius 3 is 2.19 bits per heavy atom. The van der Waals surface area contributed by atoms with E-state index < -0.39 is 0 Å². The van der Waals surface area contributed by atoms with Gasteiger partial charge >= 0.3 is 0 Å². The molecule has 1 nitrogen and oxygen atoms in total. The molecule has 126 valence electrons. The molecular formula is C20H41N. The molecule has 0 bridgehead atoms. The second-order valence-corrected chi connectivity index (χ2v) is 8.79. The third kappa shape index (κ3) is 5.93. The first-order chi connectivity index (χ1) is 9.87. The summed E-state index contributed by atoms with van der Waals surface area (Å²) in [7, 11) is 2.14. The summed E-state index contributed by atoms with van der Waals surface area (Å²) in [6, 6.07) is 0. The minimum Gasteiger partial charge on any atom is -0.319 e. The Kier molecular flexibility index (Phi) is 7.74. The van der Waals surface area contributed by atoms with Crippen LogP contribution in [0, 0.1) is 22.7 Å². The van der Waals surface area contributed by atoms with E-state index in [0.29, 0.717) is 10.8 Å². The van der Waals surface area contributed by atoms with Gasteiger partial charge in [0.25, 0.3) is 0 Å². The van der Waals surface area contributed by atoms with Crippen LogP contribution in [0.3, 0.4) is 0 Å². The summed E-state index contributed by atoms with van der Waals surface area (Å²) in [5.74, 6) is 1.88. The van der Waals surface area contributed by atoms with Crippen LogP contribution in [-0.4, -0.2) is 13.6 Å². The first-order valence-electron chi connectivity index (χ1n) is 9.51. The van der Waals surface area contributed by atoms with Gasteiger partial charge in [0.05, 0.1) is 0 Å². The lowest BCUT2D eigenvalue weighted by molar-refractivity contribution is 0.0654. The summed E-state index contributed by atoms with van der Waals surface area (Å²) in [6.07, 6.45) is 12.8. The summed E-state index contributed by atoms with van der Waals surface area (Å²) in [6.45, 7) is 13.2. The zero-order chi connectivity index (χ0) is 15.9. The van der Waals surface area contributed by atoms with E-state index in [1.54, 1.807) is 0 Å². The molecule has 1 fully saturated rings. The van der Waals surface area contributed by atoms with Crippen molar-refractivity contribution >= 4 is 0 Å². The zero-order valence-corrected chi connectivity index (χ0v) is 15.7. The molecule has 1 aliphatic rings. The predicted molar refractivity (Wildman–Crippen MR) is 95.7 cm³/mol. The molecule has 1 rings (SSSR count). The quantitative estimate of drug-likeness (QED) is 0.576. The lowest BCUT2D eigenvalue weighted by Gasteiger charge is -2.45. The molecule has 1 atom stereocenters. The van der Waals surface area contributed by atoms with Gasteiger partial charge in [-0.2, -0.15) is 0 Å². The van der Waals surface area contributed by atoms with Crippen molar-refractivity contribution < 1.29 is 0 Å². The zero-order valence-electron chi connectivity index (χ0n) is 15.7. The molecule has 0 aromatic carbocycles. The highest BCUT2D eigenvalue weighted by molar-refractivity contribution is 4.91. The molecule has 0 aliphatic heterocycles. The van der Waals surface area contributed by atoms with Crippen LogP contribution in [0.15, 0.2) is 0 Å². The number of hydrogen-bond donors (Lipinski definition) is 1. The maximum Gasteiger partial charge on any atom is 0.000491 e. The van der Waals surface area contributed by atoms with Crippen LogP contribution in [0.5, 0.6) is 0 Å². The van der Waals surface area contributed by atoms with Crippen LogP contribution in [0.2, 0.25) is 0 Å². The molecular weight excluding hydrogens is 254 g/mol. The van der Waals surface area contributed by atoms with Crippen molar-refractivity contribution in [1.29, 1.82) is 0 Å². The first kappa shape index (κ1) is 19.0. The van der Waals surface area contributed by atoms with Crippen molar-refractivity contribution in [3.63, 3.8) is 0 Å². The highest BCUT2D eigenvalue weighted by Crippen LogP contribution is 2.48. The molecule has 1 saturated carbocycles. The molecule has 21 heavy (non-hydrogen) atoms. The fourth-order valence-electron chi connectivity index (χ4n) is 4.48. The summed E-state index contributed by atoms with van der Waals surface area (Å²) in [5.41, 5.74) is 1.09. The summed E-state index contributed by atoms with van der Waals surface area (Å²) in [4.78, 5) is 0. The lowest BCUT2D eigenvalue weighted by atomic mass is 9.61. The first-order valence-corrected chi connectivity index (χ1v) is 9.51. The maximum atomic E-state index is 3.52. The Morgan fingerprint density at radius 1 is 1.14 bits per heavy atom. The van der Waals surface area contributed by atoms with Gasteiger partial charge in [0.1, 0.15) is 0 Å². The topological polar surface area (TPSA) is 12.0 Å². The van der Waals surface area contributed by atoms with Gasteiger partial charge in [0.15, 0.2) is 0 Å². The Bertz CT molecular complexity index is 268. The van der Waals surface area contributed by atoms with E-state index in [-0.39, 0.29) is 0 Å². The lowest BCUT2D eigenvalue weighted by Crippen LogP contribution is -2.40.